The molecular formula is C14H20BrN3O2. The first kappa shape index (κ1) is 15.1. The van der Waals surface area contributed by atoms with Gasteiger partial charge in [0, 0.05) is 16.1 Å². The summed E-state index contributed by atoms with van der Waals surface area (Å²) in [5, 5.41) is 11.7. The Morgan fingerprint density at radius 2 is 2.35 bits per heavy atom. The van der Waals surface area contributed by atoms with Crippen LogP contribution in [0.5, 0.6) is 5.75 Å². The number of nitrogens with two attached hydrogens (primary N) is 1. The van der Waals surface area contributed by atoms with E-state index in [1.54, 1.807) is 6.07 Å². The van der Waals surface area contributed by atoms with Crippen molar-refractivity contribution in [1.29, 1.82) is 0 Å². The standard InChI is InChI=1S/C14H20BrN3O2/c1-18-7-3-2-4-10(18)9-20-11-5-6-12(13(15)8-11)14(16)17-19/h5-6,8,10,19H,2-4,7,9H2,1H3,(H2,16,17). The van der Waals surface area contributed by atoms with Gasteiger partial charge in [0.2, 0.25) is 0 Å². The quantitative estimate of drug-likeness (QED) is 0.382. The van der Waals surface area contributed by atoms with Crippen LogP contribution in [-0.4, -0.2) is 42.2 Å². The molecule has 20 heavy (non-hydrogen) atoms. The number of likely N-dealkylation sites (N-methyl/N-ethyl adjacent to an activating group) is 1. The highest BCUT2D eigenvalue weighted by molar-refractivity contribution is 9.10. The first-order valence-corrected chi connectivity index (χ1v) is 7.51. The highest BCUT2D eigenvalue weighted by Gasteiger charge is 2.19. The molecule has 0 aliphatic carbocycles. The van der Waals surface area contributed by atoms with Crippen LogP contribution in [-0.2, 0) is 0 Å². The number of hydrogen-bond acceptors (Lipinski definition) is 4. The minimum Gasteiger partial charge on any atom is -0.492 e. The molecule has 5 nitrogen and oxygen atoms in total. The Labute approximate surface area is 127 Å². The van der Waals surface area contributed by atoms with Gasteiger partial charge in [-0.2, -0.15) is 0 Å². The first-order chi connectivity index (χ1) is 9.61. The number of rotatable bonds is 4. The van der Waals surface area contributed by atoms with Crippen molar-refractivity contribution in [3.63, 3.8) is 0 Å². The summed E-state index contributed by atoms with van der Waals surface area (Å²) in [6.45, 7) is 1.83. The van der Waals surface area contributed by atoms with Crippen LogP contribution in [0.4, 0.5) is 0 Å². The predicted molar refractivity (Wildman–Crippen MR) is 82.4 cm³/mol. The number of nitrogens with zero attached hydrogens (tertiary/aromatic N) is 2. The molecule has 0 bridgehead atoms. The Morgan fingerprint density at radius 3 is 3.00 bits per heavy atom. The van der Waals surface area contributed by atoms with E-state index in [1.165, 1.54) is 19.3 Å². The van der Waals surface area contributed by atoms with E-state index in [0.717, 1.165) is 16.8 Å². The number of piperidine rings is 1. The van der Waals surface area contributed by atoms with E-state index in [9.17, 15) is 0 Å². The molecule has 2 rings (SSSR count). The van der Waals surface area contributed by atoms with Crippen molar-refractivity contribution < 1.29 is 9.94 Å². The van der Waals surface area contributed by atoms with Gasteiger partial charge in [0.15, 0.2) is 5.84 Å². The summed E-state index contributed by atoms with van der Waals surface area (Å²) in [6, 6.07) is 5.93. The second-order valence-electron chi connectivity index (χ2n) is 5.07. The van der Waals surface area contributed by atoms with Crippen LogP contribution in [0.25, 0.3) is 0 Å². The number of likely N-dealkylation sites (tertiary alicyclic amines) is 1. The third kappa shape index (κ3) is 3.64. The maximum Gasteiger partial charge on any atom is 0.171 e. The fourth-order valence-electron chi connectivity index (χ4n) is 2.39. The van der Waals surface area contributed by atoms with Gasteiger partial charge < -0.3 is 20.6 Å². The Morgan fingerprint density at radius 1 is 1.55 bits per heavy atom. The van der Waals surface area contributed by atoms with Gasteiger partial charge in [-0.3, -0.25) is 0 Å². The smallest absolute Gasteiger partial charge is 0.171 e. The van der Waals surface area contributed by atoms with E-state index < -0.39 is 0 Å². The summed E-state index contributed by atoms with van der Waals surface area (Å²) in [7, 11) is 2.14. The minimum absolute atomic E-state index is 0.0791. The van der Waals surface area contributed by atoms with Crippen LogP contribution >= 0.6 is 15.9 Å². The molecule has 1 aliphatic heterocycles. The molecular weight excluding hydrogens is 322 g/mol. The molecule has 1 fully saturated rings. The van der Waals surface area contributed by atoms with Crippen molar-refractivity contribution in [2.24, 2.45) is 10.9 Å². The summed E-state index contributed by atoms with van der Waals surface area (Å²) < 4.78 is 6.60. The van der Waals surface area contributed by atoms with Gasteiger partial charge in [0.25, 0.3) is 0 Å². The molecule has 0 amide bonds. The molecule has 6 heteroatoms. The van der Waals surface area contributed by atoms with Crippen molar-refractivity contribution in [1.82, 2.24) is 4.90 Å². The fraction of sp³-hybridized carbons (Fsp3) is 0.500. The van der Waals surface area contributed by atoms with Crippen LogP contribution < -0.4 is 10.5 Å². The van der Waals surface area contributed by atoms with Crippen molar-refractivity contribution in [3.8, 4) is 5.75 Å². The lowest BCUT2D eigenvalue weighted by atomic mass is 10.0. The van der Waals surface area contributed by atoms with Crippen LogP contribution in [0.3, 0.4) is 0 Å². The number of hydrogen-bond donors (Lipinski definition) is 2. The van der Waals surface area contributed by atoms with Crippen molar-refractivity contribution in [2.75, 3.05) is 20.2 Å². The van der Waals surface area contributed by atoms with Gasteiger partial charge >= 0.3 is 0 Å². The van der Waals surface area contributed by atoms with E-state index >= 15 is 0 Å². The minimum atomic E-state index is 0.0791. The summed E-state index contributed by atoms with van der Waals surface area (Å²) in [6.07, 6.45) is 3.72. The van der Waals surface area contributed by atoms with Crippen LogP contribution in [0.1, 0.15) is 24.8 Å². The lowest BCUT2D eigenvalue weighted by Crippen LogP contribution is -2.40. The molecule has 1 saturated heterocycles. The van der Waals surface area contributed by atoms with Gasteiger partial charge in [-0.15, -0.1) is 0 Å². The number of ether oxygens (including phenoxy) is 1. The maximum absolute atomic E-state index is 8.69. The highest BCUT2D eigenvalue weighted by Crippen LogP contribution is 2.24. The molecule has 0 saturated carbocycles. The summed E-state index contributed by atoms with van der Waals surface area (Å²) in [4.78, 5) is 2.35. The number of amidine groups is 1. The molecule has 0 spiro atoms. The maximum atomic E-state index is 8.69. The molecule has 3 N–H and O–H groups in total. The first-order valence-electron chi connectivity index (χ1n) is 6.72. The highest BCUT2D eigenvalue weighted by atomic mass is 79.9. The second kappa shape index (κ2) is 6.95. The van der Waals surface area contributed by atoms with Gasteiger partial charge in [-0.25, -0.2) is 0 Å². The van der Waals surface area contributed by atoms with E-state index in [4.69, 9.17) is 15.7 Å². The SMILES string of the molecule is CN1CCCCC1COc1ccc(/C(N)=N/O)c(Br)c1. The zero-order valence-corrected chi connectivity index (χ0v) is 13.1. The van der Waals surface area contributed by atoms with Crippen molar-refractivity contribution in [2.45, 2.75) is 25.3 Å². The Hall–Kier alpha value is -1.27. The predicted octanol–water partition coefficient (Wildman–Crippen LogP) is 2.41. The fourth-order valence-corrected chi connectivity index (χ4v) is 2.96. The van der Waals surface area contributed by atoms with E-state index in [-0.39, 0.29) is 5.84 Å². The lowest BCUT2D eigenvalue weighted by Gasteiger charge is -2.32. The molecule has 1 unspecified atom stereocenters. The average molecular weight is 342 g/mol. The topological polar surface area (TPSA) is 71.1 Å². The van der Waals surface area contributed by atoms with E-state index in [1.807, 2.05) is 12.1 Å². The van der Waals surface area contributed by atoms with Crippen molar-refractivity contribution in [3.05, 3.63) is 28.2 Å². The number of benzene rings is 1. The van der Waals surface area contributed by atoms with Crippen LogP contribution in [0, 0.1) is 0 Å². The normalized spacial score (nSPS) is 20.9. The largest absolute Gasteiger partial charge is 0.492 e. The van der Waals surface area contributed by atoms with Crippen LogP contribution in [0.15, 0.2) is 27.8 Å². The molecule has 1 aliphatic rings. The third-order valence-corrected chi connectivity index (χ3v) is 4.34. The monoisotopic (exact) mass is 341 g/mol. The molecule has 1 atom stereocenters. The van der Waals surface area contributed by atoms with E-state index in [2.05, 4.69) is 33.0 Å². The molecule has 110 valence electrons. The zero-order valence-electron chi connectivity index (χ0n) is 11.6. The van der Waals surface area contributed by atoms with Crippen LogP contribution in [0.2, 0.25) is 0 Å². The molecule has 0 radical (unpaired) electrons. The van der Waals surface area contributed by atoms with Gasteiger partial charge in [-0.05, 0) is 60.6 Å². The Balaban J connectivity index is 1.98. The van der Waals surface area contributed by atoms with Gasteiger partial charge in [0.1, 0.15) is 12.4 Å². The van der Waals surface area contributed by atoms with Gasteiger partial charge in [0.05, 0.1) is 0 Å². The molecule has 1 aromatic carbocycles. The molecule has 1 aromatic rings. The summed E-state index contributed by atoms with van der Waals surface area (Å²) in [5.41, 5.74) is 6.22. The summed E-state index contributed by atoms with van der Waals surface area (Å²) in [5.74, 6) is 0.862. The Bertz CT molecular complexity index is 493. The second-order valence-corrected chi connectivity index (χ2v) is 5.92. The van der Waals surface area contributed by atoms with Crippen molar-refractivity contribution >= 4 is 21.8 Å². The van der Waals surface area contributed by atoms with Gasteiger partial charge in [-0.1, -0.05) is 11.6 Å². The molecule has 1 heterocycles. The summed E-state index contributed by atoms with van der Waals surface area (Å²) >= 11 is 3.40. The zero-order chi connectivity index (χ0) is 14.5. The molecule has 0 aromatic heterocycles. The number of oxime groups is 1. The van der Waals surface area contributed by atoms with E-state index in [0.29, 0.717) is 18.2 Å². The third-order valence-electron chi connectivity index (χ3n) is 3.69. The lowest BCUT2D eigenvalue weighted by molar-refractivity contribution is 0.125. The number of halogens is 1. The Kier molecular flexibility index (Phi) is 5.25. The average Bonchev–Trinajstić information content (AvgIpc) is 2.46.